The number of alkyl carbamates (subject to hydrolysis) is 1. The molecule has 2 N–H and O–H groups in total. The number of amides is 3. The molecule has 0 spiro atoms. The number of unbranched alkanes of at least 4 members (excludes halogenated alkanes) is 5. The van der Waals surface area contributed by atoms with Crippen molar-refractivity contribution in [3.05, 3.63) is 34.9 Å². The molecule has 2 rings (SSSR count). The third-order valence-electron chi connectivity index (χ3n) is 7.88. The van der Waals surface area contributed by atoms with Crippen LogP contribution in [0.25, 0.3) is 0 Å². The van der Waals surface area contributed by atoms with Crippen molar-refractivity contribution in [1.82, 2.24) is 15.5 Å². The van der Waals surface area contributed by atoms with Crippen molar-refractivity contribution in [1.29, 1.82) is 0 Å². The van der Waals surface area contributed by atoms with Gasteiger partial charge in [-0.2, -0.15) is 11.8 Å². The molecule has 1 aliphatic rings. The second-order valence-corrected chi connectivity index (χ2v) is 13.9. The summed E-state index contributed by atoms with van der Waals surface area (Å²) in [6.07, 6.45) is 13.6. The summed E-state index contributed by atoms with van der Waals surface area (Å²) in [5.74, 6) is 0.336. The van der Waals surface area contributed by atoms with Crippen LogP contribution < -0.4 is 10.6 Å². The van der Waals surface area contributed by atoms with Gasteiger partial charge in [0.25, 0.3) is 0 Å². The number of benzene rings is 1. The minimum atomic E-state index is -0.789. The zero-order chi connectivity index (χ0) is 31.1. The second-order valence-electron chi connectivity index (χ2n) is 12.9. The van der Waals surface area contributed by atoms with Crippen LogP contribution in [-0.4, -0.2) is 59.0 Å². The van der Waals surface area contributed by atoms with Gasteiger partial charge in [-0.1, -0.05) is 82.1 Å². The number of carbonyl (C=O) groups is 3. The normalized spacial score (nSPS) is 15.5. The Balaban J connectivity index is 2.48. The van der Waals surface area contributed by atoms with Crippen molar-refractivity contribution in [3.8, 4) is 0 Å². The maximum atomic E-state index is 14.5. The number of aryl methyl sites for hydroxylation is 2. The number of hydrogen-bond donors (Lipinski definition) is 2. The summed E-state index contributed by atoms with van der Waals surface area (Å²) in [6.45, 7) is 12.1. The van der Waals surface area contributed by atoms with Crippen LogP contribution >= 0.6 is 11.8 Å². The lowest BCUT2D eigenvalue weighted by atomic mass is 9.93. The first kappa shape index (κ1) is 36.0. The third kappa shape index (κ3) is 12.6. The SMILES string of the molecule is CCCCCCCCN(C(=O)C(CCSC)NC(=O)OC(C)(C)C)C(C(=O)NC1CCCCC1)c1cc(C)ccc1C. The van der Waals surface area contributed by atoms with Gasteiger partial charge in [-0.05, 0) is 83.4 Å². The predicted molar refractivity (Wildman–Crippen MR) is 175 cm³/mol. The minimum absolute atomic E-state index is 0.122. The summed E-state index contributed by atoms with van der Waals surface area (Å²) >= 11 is 1.62. The summed E-state index contributed by atoms with van der Waals surface area (Å²) < 4.78 is 5.54. The van der Waals surface area contributed by atoms with Gasteiger partial charge < -0.3 is 20.3 Å². The van der Waals surface area contributed by atoms with E-state index in [0.717, 1.165) is 61.6 Å². The van der Waals surface area contributed by atoms with Crippen LogP contribution in [-0.2, 0) is 14.3 Å². The minimum Gasteiger partial charge on any atom is -0.444 e. The van der Waals surface area contributed by atoms with Gasteiger partial charge in [0.15, 0.2) is 0 Å². The maximum Gasteiger partial charge on any atom is 0.408 e. The largest absolute Gasteiger partial charge is 0.444 e. The van der Waals surface area contributed by atoms with Crippen LogP contribution in [0.2, 0.25) is 0 Å². The Kier molecular flexibility index (Phi) is 15.8. The molecule has 0 heterocycles. The average molecular weight is 604 g/mol. The van der Waals surface area contributed by atoms with E-state index in [4.69, 9.17) is 4.74 Å². The standard InChI is InChI=1S/C34H57N3O4S/c1-8-9-10-11-12-16-22-37(32(39)29(21-23-42-7)36-33(40)41-34(4,5)6)30(28-24-25(2)19-20-26(28)3)31(38)35-27-17-14-13-15-18-27/h19-20,24,27,29-30H,8-18,21-23H2,1-7H3,(H,35,38)(H,36,40). The van der Waals surface area contributed by atoms with E-state index in [-0.39, 0.29) is 17.9 Å². The summed E-state index contributed by atoms with van der Waals surface area (Å²) in [5, 5.41) is 6.18. The quantitative estimate of drug-likeness (QED) is 0.190. The van der Waals surface area contributed by atoms with Crippen molar-refractivity contribution in [2.24, 2.45) is 0 Å². The van der Waals surface area contributed by atoms with Crippen molar-refractivity contribution in [2.45, 2.75) is 142 Å². The Labute approximate surface area is 259 Å². The molecule has 1 fully saturated rings. The molecule has 0 bridgehead atoms. The fourth-order valence-corrected chi connectivity index (χ4v) is 6.08. The Morgan fingerprint density at radius 1 is 1.02 bits per heavy atom. The molecule has 8 heteroatoms. The van der Waals surface area contributed by atoms with E-state index < -0.39 is 23.8 Å². The number of nitrogens with zero attached hydrogens (tertiary/aromatic N) is 1. The molecule has 7 nitrogen and oxygen atoms in total. The smallest absolute Gasteiger partial charge is 0.408 e. The van der Waals surface area contributed by atoms with Gasteiger partial charge >= 0.3 is 6.09 Å². The van der Waals surface area contributed by atoms with Crippen LogP contribution in [0.5, 0.6) is 0 Å². The van der Waals surface area contributed by atoms with Crippen LogP contribution in [0.15, 0.2) is 18.2 Å². The van der Waals surface area contributed by atoms with Gasteiger partial charge in [0.05, 0.1) is 0 Å². The molecule has 1 aromatic rings. The first-order valence-corrected chi connectivity index (χ1v) is 17.5. The number of hydrogen-bond acceptors (Lipinski definition) is 5. The fraction of sp³-hybridized carbons (Fsp3) is 0.735. The predicted octanol–water partition coefficient (Wildman–Crippen LogP) is 7.63. The van der Waals surface area contributed by atoms with E-state index in [1.165, 1.54) is 25.7 Å². The summed E-state index contributed by atoms with van der Waals surface area (Å²) in [7, 11) is 0. The van der Waals surface area contributed by atoms with Crippen molar-refractivity contribution in [3.63, 3.8) is 0 Å². The molecule has 1 aliphatic carbocycles. The fourth-order valence-electron chi connectivity index (χ4n) is 5.60. The monoisotopic (exact) mass is 603 g/mol. The van der Waals surface area contributed by atoms with E-state index in [1.807, 2.05) is 59.1 Å². The molecule has 2 atom stereocenters. The molecule has 0 saturated heterocycles. The molecule has 1 aromatic carbocycles. The lowest BCUT2D eigenvalue weighted by Gasteiger charge is -2.36. The molecule has 238 valence electrons. The lowest BCUT2D eigenvalue weighted by Crippen LogP contribution is -2.54. The zero-order valence-corrected chi connectivity index (χ0v) is 28.2. The topological polar surface area (TPSA) is 87.7 Å². The van der Waals surface area contributed by atoms with Crippen LogP contribution in [0.1, 0.15) is 127 Å². The van der Waals surface area contributed by atoms with Crippen molar-refractivity contribution < 1.29 is 19.1 Å². The number of ether oxygens (including phenoxy) is 1. The molecule has 1 saturated carbocycles. The van der Waals surface area contributed by atoms with Gasteiger partial charge in [0, 0.05) is 12.6 Å². The zero-order valence-electron chi connectivity index (χ0n) is 27.4. The van der Waals surface area contributed by atoms with E-state index in [2.05, 4.69) is 17.6 Å². The highest BCUT2D eigenvalue weighted by atomic mass is 32.2. The van der Waals surface area contributed by atoms with Gasteiger partial charge in [-0.3, -0.25) is 9.59 Å². The Morgan fingerprint density at radius 3 is 2.33 bits per heavy atom. The molecular formula is C34H57N3O4S. The lowest BCUT2D eigenvalue weighted by molar-refractivity contribution is -0.143. The second kappa shape index (κ2) is 18.4. The first-order chi connectivity index (χ1) is 20.0. The van der Waals surface area contributed by atoms with Crippen molar-refractivity contribution >= 4 is 29.7 Å². The molecule has 3 amide bonds. The van der Waals surface area contributed by atoms with Crippen LogP contribution in [0.4, 0.5) is 4.79 Å². The summed E-state index contributed by atoms with van der Waals surface area (Å²) in [6, 6.07) is 4.68. The Hall–Kier alpha value is -2.22. The first-order valence-electron chi connectivity index (χ1n) is 16.1. The molecule has 0 radical (unpaired) electrons. The van der Waals surface area contributed by atoms with Crippen LogP contribution in [0.3, 0.4) is 0 Å². The summed E-state index contributed by atoms with van der Waals surface area (Å²) in [4.78, 5) is 43.3. The van der Waals surface area contributed by atoms with E-state index in [9.17, 15) is 14.4 Å². The molecule has 0 aromatic heterocycles. The summed E-state index contributed by atoms with van der Waals surface area (Å²) in [5.41, 5.74) is 2.19. The average Bonchev–Trinajstić information content (AvgIpc) is 2.93. The molecule has 42 heavy (non-hydrogen) atoms. The van der Waals surface area contributed by atoms with Gasteiger partial charge in [0.1, 0.15) is 17.7 Å². The van der Waals surface area contributed by atoms with E-state index in [0.29, 0.717) is 18.7 Å². The highest BCUT2D eigenvalue weighted by Crippen LogP contribution is 2.29. The Morgan fingerprint density at radius 2 is 1.69 bits per heavy atom. The Bertz CT molecular complexity index is 987. The number of nitrogens with one attached hydrogen (secondary N) is 2. The highest BCUT2D eigenvalue weighted by molar-refractivity contribution is 7.98. The molecule has 0 aliphatic heterocycles. The van der Waals surface area contributed by atoms with Crippen molar-refractivity contribution in [2.75, 3.05) is 18.6 Å². The molecular weight excluding hydrogens is 546 g/mol. The van der Waals surface area contributed by atoms with Gasteiger partial charge in [-0.15, -0.1) is 0 Å². The van der Waals surface area contributed by atoms with E-state index >= 15 is 0 Å². The molecule has 2 unspecified atom stereocenters. The van der Waals surface area contributed by atoms with E-state index in [1.54, 1.807) is 16.7 Å². The van der Waals surface area contributed by atoms with Gasteiger partial charge in [-0.25, -0.2) is 4.79 Å². The maximum absolute atomic E-state index is 14.5. The highest BCUT2D eigenvalue weighted by Gasteiger charge is 2.37. The number of carbonyl (C=O) groups excluding carboxylic acids is 3. The third-order valence-corrected chi connectivity index (χ3v) is 8.52. The van der Waals surface area contributed by atoms with Gasteiger partial charge in [0.2, 0.25) is 11.8 Å². The van der Waals surface area contributed by atoms with Crippen LogP contribution in [0, 0.1) is 13.8 Å². The number of thioether (sulfide) groups is 1. The number of rotatable bonds is 16.